The van der Waals surface area contributed by atoms with Crippen LogP contribution in [-0.4, -0.2) is 30.9 Å². The van der Waals surface area contributed by atoms with Gasteiger partial charge in [0.25, 0.3) is 0 Å². The van der Waals surface area contributed by atoms with E-state index in [4.69, 9.17) is 0 Å². The topological polar surface area (TPSA) is 70.9 Å². The van der Waals surface area contributed by atoms with Crippen LogP contribution in [0.4, 0.5) is 10.3 Å². The smallest absolute Gasteiger partial charge is 0.224 e. The number of halogens is 1. The molecule has 4 heterocycles. The molecule has 0 bridgehead atoms. The first-order valence-corrected chi connectivity index (χ1v) is 6.97. The quantitative estimate of drug-likeness (QED) is 0.610. The predicted molar refractivity (Wildman–Crippen MR) is 82.2 cm³/mol. The Morgan fingerprint density at radius 2 is 2.27 bits per heavy atom. The molecule has 0 fully saturated rings. The Bertz CT molecular complexity index is 971. The van der Waals surface area contributed by atoms with Gasteiger partial charge in [0.2, 0.25) is 5.95 Å². The van der Waals surface area contributed by atoms with Gasteiger partial charge in [-0.3, -0.25) is 0 Å². The average molecular weight is 296 g/mol. The van der Waals surface area contributed by atoms with E-state index < -0.39 is 0 Å². The molecular formula is C15H13FN6. The normalized spacial score (nSPS) is 11.4. The van der Waals surface area contributed by atoms with Crippen molar-refractivity contribution < 1.29 is 4.39 Å². The Hall–Kier alpha value is -2.96. The maximum absolute atomic E-state index is 14.1. The van der Waals surface area contributed by atoms with Crippen molar-refractivity contribution in [2.75, 3.05) is 11.9 Å². The molecule has 4 rings (SSSR count). The second-order valence-corrected chi connectivity index (χ2v) is 4.92. The number of fused-ring (bicyclic) bond motifs is 2. The first kappa shape index (κ1) is 12.8. The lowest BCUT2D eigenvalue weighted by atomic mass is 10.1. The van der Waals surface area contributed by atoms with Gasteiger partial charge in [0.1, 0.15) is 5.65 Å². The zero-order chi connectivity index (χ0) is 15.1. The lowest BCUT2D eigenvalue weighted by Gasteiger charge is -2.03. The van der Waals surface area contributed by atoms with E-state index in [1.807, 2.05) is 19.3 Å². The number of H-pyrrole nitrogens is 1. The summed E-state index contributed by atoms with van der Waals surface area (Å²) in [6.45, 7) is 2.73. The van der Waals surface area contributed by atoms with E-state index in [2.05, 4.69) is 25.3 Å². The largest absolute Gasteiger partial charge is 0.354 e. The lowest BCUT2D eigenvalue weighted by Crippen LogP contribution is -2.01. The number of nitrogens with zero attached hydrogens (tertiary/aromatic N) is 4. The Morgan fingerprint density at radius 3 is 3.14 bits per heavy atom. The molecule has 0 amide bonds. The summed E-state index contributed by atoms with van der Waals surface area (Å²) in [6, 6.07) is 1.48. The molecule has 0 aliphatic carbocycles. The third-order valence-electron chi connectivity index (χ3n) is 3.52. The molecule has 0 unspecified atom stereocenters. The fraction of sp³-hybridized carbons (Fsp3) is 0.133. The van der Waals surface area contributed by atoms with E-state index in [1.54, 1.807) is 23.0 Å². The molecule has 0 saturated carbocycles. The molecule has 0 aliphatic rings. The van der Waals surface area contributed by atoms with E-state index in [-0.39, 0.29) is 5.82 Å². The van der Waals surface area contributed by atoms with Gasteiger partial charge in [-0.1, -0.05) is 0 Å². The number of anilines is 1. The third kappa shape index (κ3) is 1.90. The maximum atomic E-state index is 14.1. The van der Waals surface area contributed by atoms with E-state index in [1.165, 1.54) is 6.07 Å². The molecule has 110 valence electrons. The van der Waals surface area contributed by atoms with Crippen molar-refractivity contribution in [2.24, 2.45) is 0 Å². The molecule has 4 aromatic rings. The molecule has 0 spiro atoms. The number of hydrogen-bond donors (Lipinski definition) is 2. The molecular weight excluding hydrogens is 283 g/mol. The van der Waals surface area contributed by atoms with Gasteiger partial charge in [-0.15, -0.1) is 0 Å². The van der Waals surface area contributed by atoms with E-state index in [0.29, 0.717) is 17.2 Å². The summed E-state index contributed by atoms with van der Waals surface area (Å²) in [4.78, 5) is 15.8. The summed E-state index contributed by atoms with van der Waals surface area (Å²) in [5.74, 6) is 0.210. The first-order chi connectivity index (χ1) is 10.8. The highest BCUT2D eigenvalue weighted by Crippen LogP contribution is 2.28. The van der Waals surface area contributed by atoms with Crippen LogP contribution in [0, 0.1) is 5.82 Å². The molecule has 0 aromatic carbocycles. The van der Waals surface area contributed by atoms with Gasteiger partial charge < -0.3 is 14.7 Å². The molecule has 0 saturated heterocycles. The van der Waals surface area contributed by atoms with Crippen molar-refractivity contribution >= 4 is 22.6 Å². The third-order valence-corrected chi connectivity index (χ3v) is 3.52. The van der Waals surface area contributed by atoms with Crippen LogP contribution in [0.2, 0.25) is 0 Å². The standard InChI is InChI=1S/C15H13FN6/c1-2-17-15-20-7-11-10(6-19-13(11)21-15)9-5-12(16)14-18-3-4-22(14)8-9/h3-8H,2H2,1H3,(H2,17,19,20,21). The summed E-state index contributed by atoms with van der Waals surface area (Å²) in [6.07, 6.45) is 8.68. The minimum atomic E-state index is -0.359. The van der Waals surface area contributed by atoms with Gasteiger partial charge in [0.05, 0.1) is 0 Å². The number of nitrogens with one attached hydrogen (secondary N) is 2. The molecule has 6 nitrogen and oxygen atoms in total. The second kappa shape index (κ2) is 4.80. The number of pyridine rings is 1. The van der Waals surface area contributed by atoms with Crippen LogP contribution >= 0.6 is 0 Å². The summed E-state index contributed by atoms with van der Waals surface area (Å²) in [5, 5.41) is 3.91. The van der Waals surface area contributed by atoms with Crippen molar-refractivity contribution in [3.63, 3.8) is 0 Å². The Balaban J connectivity index is 1.88. The van der Waals surface area contributed by atoms with Crippen molar-refractivity contribution in [3.05, 3.63) is 42.9 Å². The molecule has 0 aliphatic heterocycles. The van der Waals surface area contributed by atoms with Crippen molar-refractivity contribution in [1.82, 2.24) is 24.3 Å². The van der Waals surface area contributed by atoms with Crippen molar-refractivity contribution in [1.29, 1.82) is 0 Å². The van der Waals surface area contributed by atoms with Gasteiger partial charge in [-0.25, -0.2) is 14.4 Å². The minimum Gasteiger partial charge on any atom is -0.354 e. The monoisotopic (exact) mass is 296 g/mol. The molecule has 0 atom stereocenters. The predicted octanol–water partition coefficient (Wildman–Crippen LogP) is 2.84. The highest BCUT2D eigenvalue weighted by molar-refractivity contribution is 5.93. The van der Waals surface area contributed by atoms with Crippen LogP contribution in [0.5, 0.6) is 0 Å². The summed E-state index contributed by atoms with van der Waals surface area (Å²) in [7, 11) is 0. The number of imidazole rings is 1. The molecule has 0 radical (unpaired) electrons. The van der Waals surface area contributed by atoms with Gasteiger partial charge in [-0.2, -0.15) is 4.98 Å². The Labute approximate surface area is 125 Å². The van der Waals surface area contributed by atoms with Crippen LogP contribution in [-0.2, 0) is 0 Å². The first-order valence-electron chi connectivity index (χ1n) is 6.97. The van der Waals surface area contributed by atoms with Crippen LogP contribution in [0.15, 0.2) is 37.1 Å². The van der Waals surface area contributed by atoms with Gasteiger partial charge in [0, 0.05) is 54.0 Å². The fourth-order valence-corrected chi connectivity index (χ4v) is 2.53. The molecule has 7 heteroatoms. The average Bonchev–Trinajstić information content (AvgIpc) is 3.13. The van der Waals surface area contributed by atoms with Gasteiger partial charge in [0.15, 0.2) is 11.5 Å². The highest BCUT2D eigenvalue weighted by atomic mass is 19.1. The zero-order valence-electron chi connectivity index (χ0n) is 11.8. The van der Waals surface area contributed by atoms with Crippen LogP contribution < -0.4 is 5.32 Å². The van der Waals surface area contributed by atoms with Gasteiger partial charge >= 0.3 is 0 Å². The minimum absolute atomic E-state index is 0.314. The van der Waals surface area contributed by atoms with Crippen LogP contribution in [0.1, 0.15) is 6.92 Å². The van der Waals surface area contributed by atoms with E-state index >= 15 is 0 Å². The number of rotatable bonds is 3. The van der Waals surface area contributed by atoms with E-state index in [9.17, 15) is 4.39 Å². The zero-order valence-corrected chi connectivity index (χ0v) is 11.8. The van der Waals surface area contributed by atoms with Crippen LogP contribution in [0.25, 0.3) is 27.8 Å². The lowest BCUT2D eigenvalue weighted by molar-refractivity contribution is 0.630. The highest BCUT2D eigenvalue weighted by Gasteiger charge is 2.12. The Kier molecular flexibility index (Phi) is 2.78. The van der Waals surface area contributed by atoms with Crippen molar-refractivity contribution in [3.8, 4) is 11.1 Å². The number of aromatic nitrogens is 5. The van der Waals surface area contributed by atoms with Crippen LogP contribution in [0.3, 0.4) is 0 Å². The molecule has 4 aromatic heterocycles. The summed E-state index contributed by atoms with van der Waals surface area (Å²) < 4.78 is 15.8. The number of hydrogen-bond acceptors (Lipinski definition) is 4. The van der Waals surface area contributed by atoms with E-state index in [0.717, 1.165) is 23.1 Å². The summed E-state index contributed by atoms with van der Waals surface area (Å²) >= 11 is 0. The fourth-order valence-electron chi connectivity index (χ4n) is 2.53. The van der Waals surface area contributed by atoms with Gasteiger partial charge in [-0.05, 0) is 13.0 Å². The Morgan fingerprint density at radius 1 is 1.36 bits per heavy atom. The SMILES string of the molecule is CCNc1ncc2c(-c3cc(F)c4nccn4c3)c[nH]c2n1. The van der Waals surface area contributed by atoms with Crippen molar-refractivity contribution in [2.45, 2.75) is 6.92 Å². The molecule has 22 heavy (non-hydrogen) atoms. The molecule has 2 N–H and O–H groups in total. The maximum Gasteiger partial charge on any atom is 0.224 e. The second-order valence-electron chi connectivity index (χ2n) is 4.92. The number of aromatic amines is 1. The summed E-state index contributed by atoms with van der Waals surface area (Å²) in [5.41, 5.74) is 2.63.